The SMILES string of the molecule is CCc1c(F)c(=O)[nH]c(=O)n1[C@H]1C[C@@H]2OP(=O)(O)OC[C@H]2O1. The quantitative estimate of drug-likeness (QED) is 0.732. The highest BCUT2D eigenvalue weighted by atomic mass is 31.2. The van der Waals surface area contributed by atoms with E-state index in [-0.39, 0.29) is 25.1 Å². The predicted molar refractivity (Wildman–Crippen MR) is 69.8 cm³/mol. The standard InChI is InChI=1S/C11H14FN2O7P/c1-2-5-9(12)10(15)13-11(16)14(5)8-3-6-7(20-8)4-19-22(17,18)21-6/h6-8H,2-4H2,1H3,(H,17,18)(H,13,15,16)/t6-,7+,8+/m0/s1. The third-order valence-electron chi connectivity index (χ3n) is 3.66. The lowest BCUT2D eigenvalue weighted by Gasteiger charge is -2.26. The lowest BCUT2D eigenvalue weighted by atomic mass is 10.2. The van der Waals surface area contributed by atoms with E-state index in [0.29, 0.717) is 0 Å². The molecular weight excluding hydrogens is 322 g/mol. The van der Waals surface area contributed by atoms with E-state index in [1.54, 1.807) is 6.92 Å². The molecule has 0 radical (unpaired) electrons. The number of nitrogens with zero attached hydrogens (tertiary/aromatic N) is 1. The molecule has 2 aliphatic heterocycles. The molecule has 0 amide bonds. The number of ether oxygens (including phenoxy) is 1. The van der Waals surface area contributed by atoms with Crippen LogP contribution in [-0.2, 0) is 24.8 Å². The summed E-state index contributed by atoms with van der Waals surface area (Å²) in [5.41, 5.74) is -1.99. The summed E-state index contributed by atoms with van der Waals surface area (Å²) in [7, 11) is -4.12. The number of rotatable bonds is 2. The third-order valence-corrected chi connectivity index (χ3v) is 4.67. The smallest absolute Gasteiger partial charge is 0.349 e. The fourth-order valence-corrected chi connectivity index (χ4v) is 3.65. The number of aromatic nitrogens is 2. The Morgan fingerprint density at radius 2 is 2.18 bits per heavy atom. The fourth-order valence-electron chi connectivity index (χ4n) is 2.69. The molecule has 0 spiro atoms. The van der Waals surface area contributed by atoms with Gasteiger partial charge in [0, 0.05) is 6.42 Å². The molecule has 2 aliphatic rings. The minimum Gasteiger partial charge on any atom is -0.349 e. The molecule has 4 atom stereocenters. The second kappa shape index (κ2) is 5.39. The number of halogens is 1. The molecule has 2 saturated heterocycles. The zero-order chi connectivity index (χ0) is 16.1. The van der Waals surface area contributed by atoms with E-state index < -0.39 is 43.3 Å². The molecule has 0 saturated carbocycles. The molecule has 3 rings (SSSR count). The Bertz CT molecular complexity index is 760. The van der Waals surface area contributed by atoms with Crippen LogP contribution in [0, 0.1) is 5.82 Å². The Labute approximate surface area is 123 Å². The van der Waals surface area contributed by atoms with Crippen LogP contribution in [0.25, 0.3) is 0 Å². The van der Waals surface area contributed by atoms with Crippen molar-refractivity contribution in [3.05, 3.63) is 32.3 Å². The van der Waals surface area contributed by atoms with Crippen molar-refractivity contribution in [3.63, 3.8) is 0 Å². The molecule has 1 aromatic rings. The summed E-state index contributed by atoms with van der Waals surface area (Å²) in [6.45, 7) is 1.42. The number of phosphoric acid groups is 1. The van der Waals surface area contributed by atoms with Crippen LogP contribution in [0.2, 0.25) is 0 Å². The first-order chi connectivity index (χ1) is 10.3. The number of hydrogen-bond acceptors (Lipinski definition) is 6. The van der Waals surface area contributed by atoms with E-state index in [1.807, 2.05) is 4.98 Å². The summed E-state index contributed by atoms with van der Waals surface area (Å²) in [6, 6.07) is 0. The molecular formula is C11H14FN2O7P. The first kappa shape index (κ1) is 15.6. The molecule has 1 unspecified atom stereocenters. The van der Waals surface area contributed by atoms with Gasteiger partial charge in [0.25, 0.3) is 5.56 Å². The van der Waals surface area contributed by atoms with Crippen molar-refractivity contribution >= 4 is 7.82 Å². The van der Waals surface area contributed by atoms with Gasteiger partial charge in [0.15, 0.2) is 0 Å². The number of phosphoric ester groups is 1. The van der Waals surface area contributed by atoms with Crippen molar-refractivity contribution in [3.8, 4) is 0 Å². The lowest BCUT2D eigenvalue weighted by molar-refractivity contribution is -0.0687. The Morgan fingerprint density at radius 3 is 2.86 bits per heavy atom. The number of nitrogens with one attached hydrogen (secondary N) is 1. The normalized spacial score (nSPS) is 34.6. The van der Waals surface area contributed by atoms with E-state index in [4.69, 9.17) is 9.26 Å². The molecule has 0 bridgehead atoms. The molecule has 1 aromatic heterocycles. The van der Waals surface area contributed by atoms with E-state index in [0.717, 1.165) is 4.57 Å². The van der Waals surface area contributed by atoms with E-state index in [1.165, 1.54) is 0 Å². The maximum atomic E-state index is 13.9. The summed E-state index contributed by atoms with van der Waals surface area (Å²) >= 11 is 0. The van der Waals surface area contributed by atoms with Crippen LogP contribution in [0.3, 0.4) is 0 Å². The number of aromatic amines is 1. The first-order valence-corrected chi connectivity index (χ1v) is 8.16. The summed E-state index contributed by atoms with van der Waals surface area (Å²) in [5.74, 6) is -1.05. The molecule has 122 valence electrons. The second-order valence-electron chi connectivity index (χ2n) is 5.02. The van der Waals surface area contributed by atoms with Crippen LogP contribution in [0.15, 0.2) is 9.59 Å². The van der Waals surface area contributed by atoms with Gasteiger partial charge in [0.1, 0.15) is 18.4 Å². The van der Waals surface area contributed by atoms with Gasteiger partial charge in [-0.25, -0.2) is 9.36 Å². The van der Waals surface area contributed by atoms with Crippen LogP contribution in [-0.4, -0.2) is 33.3 Å². The van der Waals surface area contributed by atoms with Gasteiger partial charge >= 0.3 is 13.5 Å². The van der Waals surface area contributed by atoms with Crippen LogP contribution in [0.5, 0.6) is 0 Å². The molecule has 0 aromatic carbocycles. The molecule has 11 heteroatoms. The molecule has 2 fully saturated rings. The zero-order valence-corrected chi connectivity index (χ0v) is 12.4. The first-order valence-electron chi connectivity index (χ1n) is 6.66. The van der Waals surface area contributed by atoms with E-state index in [9.17, 15) is 23.4 Å². The van der Waals surface area contributed by atoms with Gasteiger partial charge in [-0.05, 0) is 6.42 Å². The highest BCUT2D eigenvalue weighted by Gasteiger charge is 2.47. The van der Waals surface area contributed by atoms with Crippen LogP contribution in [0.4, 0.5) is 4.39 Å². The summed E-state index contributed by atoms with van der Waals surface area (Å²) in [6.07, 6.45) is -2.13. The topological polar surface area (TPSA) is 120 Å². The minimum absolute atomic E-state index is 0.0664. The van der Waals surface area contributed by atoms with Crippen LogP contribution >= 0.6 is 7.82 Å². The lowest BCUT2D eigenvalue weighted by Crippen LogP contribution is -2.37. The summed E-state index contributed by atoms with van der Waals surface area (Å²) in [5, 5.41) is 0. The second-order valence-corrected chi connectivity index (χ2v) is 6.42. The van der Waals surface area contributed by atoms with Gasteiger partial charge in [0.2, 0.25) is 5.82 Å². The monoisotopic (exact) mass is 336 g/mol. The van der Waals surface area contributed by atoms with E-state index >= 15 is 0 Å². The highest BCUT2D eigenvalue weighted by Crippen LogP contribution is 2.52. The predicted octanol–water partition coefficient (Wildman–Crippen LogP) is 0.0414. The Hall–Kier alpha value is -1.32. The van der Waals surface area contributed by atoms with Gasteiger partial charge in [-0.3, -0.25) is 23.4 Å². The average molecular weight is 336 g/mol. The number of hydrogen-bond donors (Lipinski definition) is 2. The van der Waals surface area contributed by atoms with Crippen LogP contribution < -0.4 is 11.2 Å². The van der Waals surface area contributed by atoms with Gasteiger partial charge in [0.05, 0.1) is 12.3 Å². The van der Waals surface area contributed by atoms with Crippen LogP contribution in [0.1, 0.15) is 25.3 Å². The minimum atomic E-state index is -4.12. The van der Waals surface area contributed by atoms with Gasteiger partial charge in [-0.2, -0.15) is 4.39 Å². The Kier molecular flexibility index (Phi) is 3.82. The van der Waals surface area contributed by atoms with Gasteiger partial charge < -0.3 is 9.63 Å². The van der Waals surface area contributed by atoms with Gasteiger partial charge in [-0.15, -0.1) is 0 Å². The maximum absolute atomic E-state index is 13.9. The average Bonchev–Trinajstić information content (AvgIpc) is 2.83. The zero-order valence-electron chi connectivity index (χ0n) is 11.5. The molecule has 0 aliphatic carbocycles. The van der Waals surface area contributed by atoms with Crippen molar-refractivity contribution in [1.82, 2.24) is 9.55 Å². The van der Waals surface area contributed by atoms with E-state index in [2.05, 4.69) is 4.52 Å². The largest absolute Gasteiger partial charge is 0.472 e. The van der Waals surface area contributed by atoms with Gasteiger partial charge in [-0.1, -0.05) is 6.92 Å². The number of H-pyrrole nitrogens is 1. The maximum Gasteiger partial charge on any atom is 0.472 e. The third kappa shape index (κ3) is 2.57. The van der Waals surface area contributed by atoms with Crippen molar-refractivity contribution in [2.45, 2.75) is 38.2 Å². The number of fused-ring (bicyclic) bond motifs is 1. The summed E-state index contributed by atoms with van der Waals surface area (Å²) in [4.78, 5) is 34.5. The summed E-state index contributed by atoms with van der Waals surface area (Å²) < 4.78 is 41.4. The fraction of sp³-hybridized carbons (Fsp3) is 0.636. The van der Waals surface area contributed by atoms with Crippen molar-refractivity contribution in [1.29, 1.82) is 0 Å². The van der Waals surface area contributed by atoms with Crippen molar-refractivity contribution in [2.24, 2.45) is 0 Å². The molecule has 9 nitrogen and oxygen atoms in total. The molecule has 3 heterocycles. The van der Waals surface area contributed by atoms with Crippen molar-refractivity contribution in [2.75, 3.05) is 6.61 Å². The molecule has 2 N–H and O–H groups in total. The molecule has 22 heavy (non-hydrogen) atoms. The van der Waals surface area contributed by atoms with Crippen molar-refractivity contribution < 1.29 is 27.6 Å². The Morgan fingerprint density at radius 1 is 1.45 bits per heavy atom. The Balaban J connectivity index is 1.97. The highest BCUT2D eigenvalue weighted by molar-refractivity contribution is 7.47.